The summed E-state index contributed by atoms with van der Waals surface area (Å²) in [6, 6.07) is 6.41. The molecule has 0 bridgehead atoms. The lowest BCUT2D eigenvalue weighted by Crippen LogP contribution is -2.40. The number of nitrogens with one attached hydrogen (secondary N) is 1. The first kappa shape index (κ1) is 20.6. The van der Waals surface area contributed by atoms with Gasteiger partial charge in [0.25, 0.3) is 5.91 Å². The molecule has 0 aliphatic carbocycles. The van der Waals surface area contributed by atoms with Crippen LogP contribution in [0.1, 0.15) is 23.1 Å². The van der Waals surface area contributed by atoms with Crippen LogP contribution in [0.15, 0.2) is 36.7 Å². The van der Waals surface area contributed by atoms with Crippen LogP contribution in [0.3, 0.4) is 0 Å². The highest BCUT2D eigenvalue weighted by Crippen LogP contribution is 2.37. The molecule has 1 fully saturated rings. The Bertz CT molecular complexity index is 959. The highest BCUT2D eigenvalue weighted by atomic mass is 16.5. The Morgan fingerprint density at radius 1 is 1.13 bits per heavy atom. The summed E-state index contributed by atoms with van der Waals surface area (Å²) in [4.78, 5) is 44.6. The van der Waals surface area contributed by atoms with Crippen LogP contribution in [-0.4, -0.2) is 59.4 Å². The second kappa shape index (κ2) is 8.63. The van der Waals surface area contributed by atoms with E-state index in [1.54, 1.807) is 31.5 Å². The Balaban J connectivity index is 1.39. The average Bonchev–Trinajstić information content (AvgIpc) is 3.03. The minimum Gasteiger partial charge on any atom is -0.493 e. The minimum atomic E-state index is -0.557. The van der Waals surface area contributed by atoms with Gasteiger partial charge in [-0.2, -0.15) is 0 Å². The third kappa shape index (κ3) is 4.03. The van der Waals surface area contributed by atoms with Crippen molar-refractivity contribution in [2.45, 2.75) is 32.0 Å². The summed E-state index contributed by atoms with van der Waals surface area (Å²) >= 11 is 0. The Hall–Kier alpha value is -3.62. The topological polar surface area (TPSA) is 101 Å². The number of benzene rings is 1. The van der Waals surface area contributed by atoms with Gasteiger partial charge in [-0.1, -0.05) is 0 Å². The molecule has 0 spiro atoms. The van der Waals surface area contributed by atoms with Crippen LogP contribution in [0.25, 0.3) is 0 Å². The third-order valence-electron chi connectivity index (χ3n) is 5.67. The largest absolute Gasteiger partial charge is 0.493 e. The number of aromatic nitrogens is 1. The maximum Gasteiger partial charge on any atom is 0.327 e. The van der Waals surface area contributed by atoms with Crippen molar-refractivity contribution in [3.05, 3.63) is 53.3 Å². The number of carbonyl (C=O) groups is 3. The van der Waals surface area contributed by atoms with Crippen LogP contribution in [0.2, 0.25) is 0 Å². The Morgan fingerprint density at radius 2 is 1.81 bits per heavy atom. The second-order valence-electron chi connectivity index (χ2n) is 7.48. The molecule has 9 heteroatoms. The van der Waals surface area contributed by atoms with Crippen molar-refractivity contribution >= 4 is 17.8 Å². The summed E-state index contributed by atoms with van der Waals surface area (Å²) < 4.78 is 10.7. The zero-order chi connectivity index (χ0) is 22.0. The molecule has 31 heavy (non-hydrogen) atoms. The van der Waals surface area contributed by atoms with Gasteiger partial charge in [0.2, 0.25) is 5.91 Å². The molecule has 2 aromatic rings. The molecule has 1 aromatic heterocycles. The molecule has 0 saturated carbocycles. The van der Waals surface area contributed by atoms with E-state index in [2.05, 4.69) is 10.3 Å². The standard InChI is InChI=1S/C22H24N4O5/c1-30-18-10-15-9-17-21(28)25(22(29)26(17)13-16(15)11-19(18)31-2)8-5-20(27)24-12-14-3-6-23-7-4-14/h3-4,6-7,10-11,17H,5,8-9,12-13H2,1-2H3,(H,24,27). The fourth-order valence-corrected chi connectivity index (χ4v) is 3.97. The maximum absolute atomic E-state index is 12.9. The summed E-state index contributed by atoms with van der Waals surface area (Å²) in [5.74, 6) is 0.682. The normalized spacial score (nSPS) is 17.3. The lowest BCUT2D eigenvalue weighted by molar-refractivity contribution is -0.129. The predicted octanol–water partition coefficient (Wildman–Crippen LogP) is 1.49. The molecule has 1 aromatic carbocycles. The molecule has 1 saturated heterocycles. The van der Waals surface area contributed by atoms with E-state index in [1.165, 1.54) is 4.90 Å². The second-order valence-corrected chi connectivity index (χ2v) is 7.48. The van der Waals surface area contributed by atoms with Gasteiger partial charge in [0.15, 0.2) is 11.5 Å². The van der Waals surface area contributed by atoms with E-state index in [4.69, 9.17) is 9.47 Å². The van der Waals surface area contributed by atoms with Crippen molar-refractivity contribution in [2.75, 3.05) is 20.8 Å². The summed E-state index contributed by atoms with van der Waals surface area (Å²) in [7, 11) is 3.12. The van der Waals surface area contributed by atoms with Crippen LogP contribution in [0.5, 0.6) is 11.5 Å². The Labute approximate surface area is 179 Å². The molecule has 4 rings (SSSR count). The van der Waals surface area contributed by atoms with Gasteiger partial charge in [0, 0.05) is 44.9 Å². The Morgan fingerprint density at radius 3 is 2.48 bits per heavy atom. The van der Waals surface area contributed by atoms with Gasteiger partial charge >= 0.3 is 6.03 Å². The third-order valence-corrected chi connectivity index (χ3v) is 5.67. The fraction of sp³-hybridized carbons (Fsp3) is 0.364. The van der Waals surface area contributed by atoms with Crippen molar-refractivity contribution in [1.29, 1.82) is 0 Å². The van der Waals surface area contributed by atoms with Crippen molar-refractivity contribution in [3.8, 4) is 11.5 Å². The van der Waals surface area contributed by atoms with E-state index in [9.17, 15) is 14.4 Å². The number of imide groups is 1. The molecular weight excluding hydrogens is 400 g/mol. The molecule has 2 aliphatic rings. The van der Waals surface area contributed by atoms with E-state index in [0.717, 1.165) is 16.7 Å². The van der Waals surface area contributed by atoms with Crippen LogP contribution in [-0.2, 0) is 29.1 Å². The number of rotatable bonds is 7. The highest BCUT2D eigenvalue weighted by Gasteiger charge is 2.47. The van der Waals surface area contributed by atoms with E-state index >= 15 is 0 Å². The number of methoxy groups -OCH3 is 2. The molecule has 9 nitrogen and oxygen atoms in total. The first-order valence-electron chi connectivity index (χ1n) is 10.0. The van der Waals surface area contributed by atoms with Crippen molar-refractivity contribution in [2.24, 2.45) is 0 Å². The number of hydrogen-bond acceptors (Lipinski definition) is 6. The van der Waals surface area contributed by atoms with Crippen molar-refractivity contribution in [1.82, 2.24) is 20.1 Å². The number of amides is 4. The smallest absolute Gasteiger partial charge is 0.327 e. The molecule has 1 atom stereocenters. The number of pyridine rings is 1. The number of ether oxygens (including phenoxy) is 2. The molecule has 3 heterocycles. The zero-order valence-corrected chi connectivity index (χ0v) is 17.5. The van der Waals surface area contributed by atoms with Crippen molar-refractivity contribution in [3.63, 3.8) is 0 Å². The lowest BCUT2D eigenvalue weighted by atomic mass is 9.94. The van der Waals surface area contributed by atoms with Crippen LogP contribution < -0.4 is 14.8 Å². The number of hydrogen-bond donors (Lipinski definition) is 1. The van der Waals surface area contributed by atoms with Gasteiger partial charge in [-0.3, -0.25) is 19.5 Å². The quantitative estimate of drug-likeness (QED) is 0.676. The van der Waals surface area contributed by atoms with Gasteiger partial charge in [-0.05, 0) is 41.0 Å². The summed E-state index contributed by atoms with van der Waals surface area (Å²) in [5, 5.41) is 2.80. The van der Waals surface area contributed by atoms with E-state index in [0.29, 0.717) is 31.0 Å². The highest BCUT2D eigenvalue weighted by molar-refractivity contribution is 6.05. The summed E-state index contributed by atoms with van der Waals surface area (Å²) in [6.07, 6.45) is 3.77. The number of urea groups is 1. The lowest BCUT2D eigenvalue weighted by Gasteiger charge is -2.29. The average molecular weight is 424 g/mol. The SMILES string of the molecule is COc1cc2c(cc1OC)CN1C(=O)N(CCC(=O)NCc3ccncc3)C(=O)C1C2. The number of fused-ring (bicyclic) bond motifs is 2. The molecule has 1 unspecified atom stereocenters. The van der Waals surface area contributed by atoms with Gasteiger partial charge in [0.1, 0.15) is 6.04 Å². The van der Waals surface area contributed by atoms with E-state index in [1.807, 2.05) is 24.3 Å². The van der Waals surface area contributed by atoms with Crippen LogP contribution in [0, 0.1) is 0 Å². The van der Waals surface area contributed by atoms with E-state index in [-0.39, 0.29) is 30.8 Å². The first-order valence-corrected chi connectivity index (χ1v) is 10.0. The summed E-state index contributed by atoms with van der Waals surface area (Å²) in [6.45, 7) is 0.739. The first-order chi connectivity index (χ1) is 15.0. The van der Waals surface area contributed by atoms with Crippen LogP contribution in [0.4, 0.5) is 4.79 Å². The number of nitrogens with zero attached hydrogens (tertiary/aromatic N) is 3. The predicted molar refractivity (Wildman–Crippen MR) is 110 cm³/mol. The maximum atomic E-state index is 12.9. The summed E-state index contributed by atoms with van der Waals surface area (Å²) in [5.41, 5.74) is 2.81. The molecule has 0 radical (unpaired) electrons. The van der Waals surface area contributed by atoms with Crippen LogP contribution >= 0.6 is 0 Å². The number of carbonyl (C=O) groups excluding carboxylic acids is 3. The monoisotopic (exact) mass is 424 g/mol. The molecule has 2 aliphatic heterocycles. The fourth-order valence-electron chi connectivity index (χ4n) is 3.97. The van der Waals surface area contributed by atoms with Crippen molar-refractivity contribution < 1.29 is 23.9 Å². The van der Waals surface area contributed by atoms with Gasteiger partial charge < -0.3 is 19.7 Å². The zero-order valence-electron chi connectivity index (χ0n) is 17.5. The van der Waals surface area contributed by atoms with Gasteiger partial charge in [-0.25, -0.2) is 4.79 Å². The van der Waals surface area contributed by atoms with Gasteiger partial charge in [-0.15, -0.1) is 0 Å². The minimum absolute atomic E-state index is 0.0514. The molecular formula is C22H24N4O5. The van der Waals surface area contributed by atoms with Gasteiger partial charge in [0.05, 0.1) is 14.2 Å². The molecule has 1 N–H and O–H groups in total. The molecule has 162 valence electrons. The van der Waals surface area contributed by atoms with E-state index < -0.39 is 6.04 Å². The Kier molecular flexibility index (Phi) is 5.75. The molecule has 4 amide bonds.